The van der Waals surface area contributed by atoms with E-state index in [1.807, 2.05) is 12.1 Å². The molecule has 150 valence electrons. The minimum Gasteiger partial charge on any atom is -0.481 e. The molecule has 4 aromatic rings. The van der Waals surface area contributed by atoms with Gasteiger partial charge in [0.2, 0.25) is 0 Å². The fourth-order valence-electron chi connectivity index (χ4n) is 4.22. The van der Waals surface area contributed by atoms with Crippen molar-refractivity contribution in [1.82, 2.24) is 14.9 Å². The first-order valence-electron chi connectivity index (χ1n) is 10.2. The lowest BCUT2D eigenvalue weighted by atomic mass is 9.96. The number of rotatable bonds is 5. The number of carbonyl (C=O) groups is 1. The number of imidazole rings is 1. The van der Waals surface area contributed by atoms with Crippen LogP contribution < -0.4 is 0 Å². The van der Waals surface area contributed by atoms with Crippen LogP contribution in [0.1, 0.15) is 11.1 Å². The second-order valence-electron chi connectivity index (χ2n) is 8.01. The Morgan fingerprint density at radius 2 is 1.83 bits per heavy atom. The summed E-state index contributed by atoms with van der Waals surface area (Å²) in [7, 11) is 0. The summed E-state index contributed by atoms with van der Waals surface area (Å²) in [5, 5.41) is 9.04. The number of hydrogen-bond acceptors (Lipinski definition) is 3. The molecule has 30 heavy (non-hydrogen) atoms. The van der Waals surface area contributed by atoms with E-state index >= 15 is 0 Å². The summed E-state index contributed by atoms with van der Waals surface area (Å²) in [6.45, 7) is 4.13. The van der Waals surface area contributed by atoms with Gasteiger partial charge in [-0.1, -0.05) is 54.6 Å². The summed E-state index contributed by atoms with van der Waals surface area (Å²) in [6.07, 6.45) is 0. The lowest BCUT2D eigenvalue weighted by Crippen LogP contribution is -2.49. The highest BCUT2D eigenvalue weighted by Crippen LogP contribution is 2.31. The number of carboxylic acid groups (broad SMARTS) is 1. The molecular weight excluding hydrogens is 374 g/mol. The van der Waals surface area contributed by atoms with Gasteiger partial charge in [0, 0.05) is 25.2 Å². The Kier molecular flexibility index (Phi) is 4.60. The molecule has 0 amide bonds. The number of hydrogen-bond donors (Lipinski definition) is 2. The van der Waals surface area contributed by atoms with E-state index in [4.69, 9.17) is 10.1 Å². The van der Waals surface area contributed by atoms with E-state index in [1.54, 1.807) is 0 Å². The average Bonchev–Trinajstić information content (AvgIpc) is 3.14. The van der Waals surface area contributed by atoms with Crippen LogP contribution >= 0.6 is 0 Å². The van der Waals surface area contributed by atoms with Crippen LogP contribution in [0.2, 0.25) is 0 Å². The van der Waals surface area contributed by atoms with Gasteiger partial charge in [-0.05, 0) is 41.3 Å². The summed E-state index contributed by atoms with van der Waals surface area (Å²) >= 11 is 0. The van der Waals surface area contributed by atoms with Crippen LogP contribution in [0.15, 0.2) is 66.7 Å². The van der Waals surface area contributed by atoms with Gasteiger partial charge < -0.3 is 10.1 Å². The second-order valence-corrected chi connectivity index (χ2v) is 8.01. The largest absolute Gasteiger partial charge is 0.481 e. The molecule has 0 spiro atoms. The maximum atomic E-state index is 11.0. The maximum Gasteiger partial charge on any atom is 0.309 e. The number of aromatic nitrogens is 2. The lowest BCUT2D eigenvalue weighted by Gasteiger charge is -2.36. The molecule has 5 nitrogen and oxygen atoms in total. The third kappa shape index (κ3) is 3.37. The first-order valence-corrected chi connectivity index (χ1v) is 10.2. The first kappa shape index (κ1) is 18.6. The summed E-state index contributed by atoms with van der Waals surface area (Å²) in [6, 6.07) is 23.0. The van der Waals surface area contributed by atoms with E-state index in [9.17, 15) is 4.79 Å². The molecule has 0 bridgehead atoms. The van der Waals surface area contributed by atoms with Gasteiger partial charge in [0.05, 0.1) is 17.0 Å². The topological polar surface area (TPSA) is 69.2 Å². The number of fused-ring (bicyclic) bond motifs is 1. The monoisotopic (exact) mass is 397 g/mol. The Labute approximate surface area is 175 Å². The normalized spacial score (nSPS) is 14.7. The van der Waals surface area contributed by atoms with Crippen LogP contribution in [-0.2, 0) is 11.3 Å². The number of H-pyrrole nitrogens is 1. The van der Waals surface area contributed by atoms with E-state index in [2.05, 4.69) is 71.4 Å². The highest BCUT2D eigenvalue weighted by molar-refractivity contribution is 5.83. The van der Waals surface area contributed by atoms with Crippen LogP contribution in [0.5, 0.6) is 0 Å². The van der Waals surface area contributed by atoms with E-state index in [1.165, 1.54) is 16.7 Å². The van der Waals surface area contributed by atoms with Gasteiger partial charge in [-0.15, -0.1) is 0 Å². The van der Waals surface area contributed by atoms with Crippen LogP contribution in [0.4, 0.5) is 0 Å². The Morgan fingerprint density at radius 1 is 1.07 bits per heavy atom. The predicted octanol–water partition coefficient (Wildman–Crippen LogP) is 4.72. The molecule has 1 aromatic heterocycles. The van der Waals surface area contributed by atoms with Crippen molar-refractivity contribution in [2.24, 2.45) is 5.92 Å². The van der Waals surface area contributed by atoms with Crippen molar-refractivity contribution in [2.75, 3.05) is 13.1 Å². The molecule has 0 aliphatic carbocycles. The summed E-state index contributed by atoms with van der Waals surface area (Å²) < 4.78 is 0. The van der Waals surface area contributed by atoms with Crippen molar-refractivity contribution < 1.29 is 9.90 Å². The predicted molar refractivity (Wildman–Crippen MR) is 118 cm³/mol. The van der Waals surface area contributed by atoms with Gasteiger partial charge in [0.15, 0.2) is 0 Å². The van der Waals surface area contributed by atoms with E-state index in [-0.39, 0.29) is 5.92 Å². The fraction of sp³-hybridized carbons (Fsp3) is 0.200. The van der Waals surface area contributed by atoms with Crippen molar-refractivity contribution in [3.05, 3.63) is 77.9 Å². The molecule has 3 aromatic carbocycles. The van der Waals surface area contributed by atoms with Gasteiger partial charge in [-0.2, -0.15) is 0 Å². The minimum atomic E-state index is -0.701. The number of aromatic amines is 1. The molecule has 0 atom stereocenters. The Morgan fingerprint density at radius 3 is 2.60 bits per heavy atom. The zero-order chi connectivity index (χ0) is 20.7. The molecule has 5 heteroatoms. The summed E-state index contributed by atoms with van der Waals surface area (Å²) in [4.78, 5) is 21.5. The second kappa shape index (κ2) is 7.43. The average molecular weight is 397 g/mol. The van der Waals surface area contributed by atoms with Gasteiger partial charge in [0.25, 0.3) is 0 Å². The molecule has 1 aliphatic heterocycles. The SMILES string of the molecule is Cc1c(-c2ccccc2)cccc1-c1nc2ccc(CN3CC(C(=O)O)C3)cc2[nH]1. The minimum absolute atomic E-state index is 0.229. The Bertz CT molecular complexity index is 1220. The number of likely N-dealkylation sites (tertiary alicyclic amines) is 1. The third-order valence-electron chi connectivity index (χ3n) is 5.93. The van der Waals surface area contributed by atoms with Crippen LogP contribution in [0.3, 0.4) is 0 Å². The zero-order valence-corrected chi connectivity index (χ0v) is 16.8. The van der Waals surface area contributed by atoms with Crippen LogP contribution in [-0.4, -0.2) is 39.0 Å². The molecule has 2 heterocycles. The number of benzene rings is 3. The number of nitrogens with zero attached hydrogens (tertiary/aromatic N) is 2. The van der Waals surface area contributed by atoms with Gasteiger partial charge >= 0.3 is 5.97 Å². The van der Waals surface area contributed by atoms with E-state index < -0.39 is 5.97 Å². The Balaban J connectivity index is 1.43. The van der Waals surface area contributed by atoms with E-state index in [0.29, 0.717) is 13.1 Å². The lowest BCUT2D eigenvalue weighted by molar-refractivity contribution is -0.147. The highest BCUT2D eigenvalue weighted by atomic mass is 16.4. The summed E-state index contributed by atoms with van der Waals surface area (Å²) in [5.74, 6) is -0.0623. The smallest absolute Gasteiger partial charge is 0.309 e. The molecule has 0 saturated carbocycles. The zero-order valence-electron chi connectivity index (χ0n) is 16.8. The van der Waals surface area contributed by atoms with Crippen molar-refractivity contribution in [3.8, 4) is 22.5 Å². The summed E-state index contributed by atoms with van der Waals surface area (Å²) in [5.41, 5.74) is 7.80. The standard InChI is InChI=1S/C25H23N3O2/c1-16-20(18-6-3-2-4-7-18)8-5-9-21(16)24-26-22-11-10-17(12-23(22)27-24)13-28-14-19(15-28)25(29)30/h2-12,19H,13-15H2,1H3,(H,26,27)(H,29,30). The van der Waals surface area contributed by atoms with Crippen LogP contribution in [0, 0.1) is 12.8 Å². The third-order valence-corrected chi connectivity index (χ3v) is 5.93. The van der Waals surface area contributed by atoms with Crippen molar-refractivity contribution >= 4 is 17.0 Å². The first-order chi connectivity index (χ1) is 14.6. The van der Waals surface area contributed by atoms with Crippen molar-refractivity contribution in [3.63, 3.8) is 0 Å². The molecule has 1 saturated heterocycles. The number of carboxylic acids is 1. The molecule has 1 fully saturated rings. The molecule has 0 unspecified atom stereocenters. The highest BCUT2D eigenvalue weighted by Gasteiger charge is 2.32. The maximum absolute atomic E-state index is 11.0. The molecule has 1 aliphatic rings. The molecule has 5 rings (SSSR count). The molecule has 2 N–H and O–H groups in total. The van der Waals surface area contributed by atoms with Gasteiger partial charge in [-0.25, -0.2) is 4.98 Å². The van der Waals surface area contributed by atoms with Crippen LogP contribution in [0.25, 0.3) is 33.5 Å². The Hall–Kier alpha value is -3.44. The van der Waals surface area contributed by atoms with Gasteiger partial charge in [0.1, 0.15) is 5.82 Å². The van der Waals surface area contributed by atoms with E-state index in [0.717, 1.165) is 34.5 Å². The molecule has 0 radical (unpaired) electrons. The van der Waals surface area contributed by atoms with Crippen molar-refractivity contribution in [2.45, 2.75) is 13.5 Å². The van der Waals surface area contributed by atoms with Crippen molar-refractivity contribution in [1.29, 1.82) is 0 Å². The van der Waals surface area contributed by atoms with Gasteiger partial charge in [-0.3, -0.25) is 9.69 Å². The quantitative estimate of drug-likeness (QED) is 0.511. The number of nitrogens with one attached hydrogen (secondary N) is 1. The molecular formula is C25H23N3O2. The fourth-order valence-corrected chi connectivity index (χ4v) is 4.22. The number of aliphatic carboxylic acids is 1.